The van der Waals surface area contributed by atoms with E-state index in [1.54, 1.807) is 24.3 Å². The van der Waals surface area contributed by atoms with Crippen LogP contribution in [0.5, 0.6) is 0 Å². The summed E-state index contributed by atoms with van der Waals surface area (Å²) in [5.74, 6) is -2.56. The normalized spacial score (nSPS) is 30.4. The van der Waals surface area contributed by atoms with Gasteiger partial charge in [0.05, 0.1) is 28.1 Å². The van der Waals surface area contributed by atoms with Crippen LogP contribution in [-0.2, 0) is 19.1 Å². The van der Waals surface area contributed by atoms with Crippen LogP contribution in [0, 0.1) is 18.8 Å². The molecule has 2 aromatic carbocycles. The quantitative estimate of drug-likeness (QED) is 0.528. The summed E-state index contributed by atoms with van der Waals surface area (Å²) in [6, 6.07) is 13.5. The second kappa shape index (κ2) is 9.18. The fraction of sp³-hybridized carbons (Fsp3) is 0.444. The second-order valence-electron chi connectivity index (χ2n) is 10.1. The maximum atomic E-state index is 13.9. The largest absolute Gasteiger partial charge is 0.396 e. The molecule has 2 bridgehead atoms. The molecule has 5 atom stereocenters. The lowest BCUT2D eigenvalue weighted by atomic mass is 9.66. The average Bonchev–Trinajstić information content (AvgIpc) is 3.41. The number of likely N-dealkylation sites (tertiary alicyclic amines) is 1. The lowest BCUT2D eigenvalue weighted by Gasteiger charge is -2.33. The number of amides is 3. The van der Waals surface area contributed by atoms with Crippen LogP contribution in [0.1, 0.15) is 31.7 Å². The summed E-state index contributed by atoms with van der Waals surface area (Å²) in [6.45, 7) is 3.75. The first-order valence-electron chi connectivity index (χ1n) is 12.3. The fourth-order valence-corrected chi connectivity index (χ4v) is 6.60. The van der Waals surface area contributed by atoms with Gasteiger partial charge in [0.1, 0.15) is 11.6 Å². The first-order valence-corrected chi connectivity index (χ1v) is 12.6. The van der Waals surface area contributed by atoms with Crippen LogP contribution in [0.25, 0.3) is 0 Å². The number of aryl methyl sites for hydroxylation is 1. The number of hydrogen-bond acceptors (Lipinski definition) is 5. The van der Waals surface area contributed by atoms with Crippen molar-refractivity contribution >= 4 is 40.7 Å². The van der Waals surface area contributed by atoms with E-state index in [2.05, 4.69) is 10.6 Å². The monoisotopic (exact) mass is 511 g/mol. The Bertz CT molecular complexity index is 1190. The smallest absolute Gasteiger partial charge is 0.250 e. The Labute approximate surface area is 215 Å². The Balaban J connectivity index is 1.51. The minimum absolute atomic E-state index is 0.129. The predicted molar refractivity (Wildman–Crippen MR) is 136 cm³/mol. The molecule has 0 radical (unpaired) electrons. The van der Waals surface area contributed by atoms with E-state index in [4.69, 9.17) is 16.3 Å². The Morgan fingerprint density at radius 2 is 1.86 bits per heavy atom. The lowest BCUT2D eigenvalue weighted by molar-refractivity contribution is -0.143. The van der Waals surface area contributed by atoms with Crippen LogP contribution in [0.15, 0.2) is 48.5 Å². The zero-order valence-electron chi connectivity index (χ0n) is 20.3. The van der Waals surface area contributed by atoms with Gasteiger partial charge in [-0.1, -0.05) is 41.9 Å². The van der Waals surface area contributed by atoms with E-state index < -0.39 is 35.0 Å². The Morgan fingerprint density at radius 3 is 2.56 bits per heavy atom. The summed E-state index contributed by atoms with van der Waals surface area (Å²) in [4.78, 5) is 42.7. The Hall–Kier alpha value is -2.94. The molecule has 2 unspecified atom stereocenters. The van der Waals surface area contributed by atoms with Gasteiger partial charge < -0.3 is 25.4 Å². The molecule has 3 fully saturated rings. The van der Waals surface area contributed by atoms with Gasteiger partial charge in [-0.25, -0.2) is 0 Å². The molecule has 36 heavy (non-hydrogen) atoms. The van der Waals surface area contributed by atoms with Gasteiger partial charge in [0.2, 0.25) is 17.7 Å². The van der Waals surface area contributed by atoms with Crippen molar-refractivity contribution in [1.29, 1.82) is 0 Å². The summed E-state index contributed by atoms with van der Waals surface area (Å²) in [6.07, 6.45) is 1.33. The first-order chi connectivity index (χ1) is 17.2. The summed E-state index contributed by atoms with van der Waals surface area (Å²) < 4.78 is 6.58. The molecule has 3 aliphatic rings. The van der Waals surface area contributed by atoms with Crippen LogP contribution in [-0.4, -0.2) is 58.1 Å². The first kappa shape index (κ1) is 24.7. The molecule has 0 aromatic heterocycles. The number of benzene rings is 2. The van der Waals surface area contributed by atoms with E-state index >= 15 is 0 Å². The van der Waals surface area contributed by atoms with E-state index in [1.807, 2.05) is 38.1 Å². The van der Waals surface area contributed by atoms with Gasteiger partial charge >= 0.3 is 0 Å². The number of aliphatic hydroxyl groups is 1. The molecule has 190 valence electrons. The van der Waals surface area contributed by atoms with Gasteiger partial charge in [-0.05, 0) is 56.9 Å². The van der Waals surface area contributed by atoms with Crippen molar-refractivity contribution in [3.63, 3.8) is 0 Å². The molecule has 3 heterocycles. The summed E-state index contributed by atoms with van der Waals surface area (Å²) in [5, 5.41) is 15.7. The molecule has 3 N–H and O–H groups in total. The molecule has 3 aliphatic heterocycles. The van der Waals surface area contributed by atoms with Crippen LogP contribution in [0.3, 0.4) is 0 Å². The van der Waals surface area contributed by atoms with Crippen LogP contribution >= 0.6 is 11.6 Å². The van der Waals surface area contributed by atoms with Crippen LogP contribution in [0.4, 0.5) is 11.4 Å². The van der Waals surface area contributed by atoms with Crippen molar-refractivity contribution in [3.8, 4) is 0 Å². The maximum absolute atomic E-state index is 13.9. The predicted octanol–water partition coefficient (Wildman–Crippen LogP) is 3.37. The van der Waals surface area contributed by atoms with Crippen molar-refractivity contribution in [2.75, 3.05) is 23.8 Å². The standard InChI is InChI=1S/C27H30ClN3O5/c1-16-8-6-11-18(28)21(16)30-24(34)22-27-13-12-26(2,36-27)19(20(27)25(35)31(22)14-7-15-32)23(33)29-17-9-4-3-5-10-17/h3-6,8-11,19-20,22,32H,7,12-15H2,1-2H3,(H,29,33)(H,30,34)/t19-,20-,22?,26+,27?/m0/s1. The third-order valence-corrected chi connectivity index (χ3v) is 8.19. The lowest BCUT2D eigenvalue weighted by Crippen LogP contribution is -2.53. The highest BCUT2D eigenvalue weighted by Gasteiger charge is 2.77. The third-order valence-electron chi connectivity index (χ3n) is 7.88. The zero-order chi connectivity index (χ0) is 25.7. The summed E-state index contributed by atoms with van der Waals surface area (Å²) in [7, 11) is 0. The van der Waals surface area contributed by atoms with Gasteiger partial charge in [-0.2, -0.15) is 0 Å². The van der Waals surface area contributed by atoms with Crippen LogP contribution < -0.4 is 10.6 Å². The highest BCUT2D eigenvalue weighted by Crippen LogP contribution is 2.63. The number of aliphatic hydroxyl groups excluding tert-OH is 1. The van der Waals surface area contributed by atoms with E-state index in [1.165, 1.54) is 4.90 Å². The molecule has 5 rings (SSSR count). The fourth-order valence-electron chi connectivity index (χ4n) is 6.33. The van der Waals surface area contributed by atoms with Crippen molar-refractivity contribution in [3.05, 3.63) is 59.1 Å². The van der Waals surface area contributed by atoms with E-state index in [9.17, 15) is 19.5 Å². The zero-order valence-corrected chi connectivity index (χ0v) is 21.0. The molecule has 3 saturated heterocycles. The SMILES string of the molecule is Cc1cccc(Cl)c1NC(=O)C1N(CCCO)C(=O)[C@@H]2[C@@H](C(=O)Nc3ccccc3)[C@@]3(C)CCC12O3. The molecule has 1 spiro atoms. The van der Waals surface area contributed by atoms with Crippen LogP contribution in [0.2, 0.25) is 5.02 Å². The number of anilines is 2. The molecule has 8 nitrogen and oxygen atoms in total. The number of para-hydroxylation sites is 2. The minimum Gasteiger partial charge on any atom is -0.396 e. The Kier molecular flexibility index (Phi) is 6.31. The van der Waals surface area contributed by atoms with Crippen molar-refractivity contribution in [1.82, 2.24) is 4.90 Å². The molecule has 2 aromatic rings. The van der Waals surface area contributed by atoms with E-state index in [-0.39, 0.29) is 25.0 Å². The minimum atomic E-state index is -1.14. The molecule has 9 heteroatoms. The number of halogens is 1. The van der Waals surface area contributed by atoms with E-state index in [0.717, 1.165) is 5.56 Å². The molecule has 3 amide bonds. The van der Waals surface area contributed by atoms with Crippen molar-refractivity contribution in [2.24, 2.45) is 11.8 Å². The van der Waals surface area contributed by atoms with Gasteiger partial charge in [0.15, 0.2) is 0 Å². The number of nitrogens with one attached hydrogen (secondary N) is 2. The number of carbonyl (C=O) groups is 3. The number of fused-ring (bicyclic) bond motifs is 1. The number of hydrogen-bond donors (Lipinski definition) is 3. The van der Waals surface area contributed by atoms with Gasteiger partial charge in [0, 0.05) is 18.8 Å². The summed E-state index contributed by atoms with van der Waals surface area (Å²) >= 11 is 6.37. The van der Waals surface area contributed by atoms with E-state index in [0.29, 0.717) is 35.7 Å². The van der Waals surface area contributed by atoms with Gasteiger partial charge in [-0.15, -0.1) is 0 Å². The topological polar surface area (TPSA) is 108 Å². The second-order valence-corrected chi connectivity index (χ2v) is 10.5. The number of carbonyl (C=O) groups excluding carboxylic acids is 3. The molecule has 0 aliphatic carbocycles. The summed E-state index contributed by atoms with van der Waals surface area (Å²) in [5.41, 5.74) is -0.107. The maximum Gasteiger partial charge on any atom is 0.250 e. The number of nitrogens with zero attached hydrogens (tertiary/aromatic N) is 1. The number of ether oxygens (including phenoxy) is 1. The van der Waals surface area contributed by atoms with Gasteiger partial charge in [-0.3, -0.25) is 14.4 Å². The van der Waals surface area contributed by atoms with Crippen molar-refractivity contribution in [2.45, 2.75) is 50.4 Å². The molecular weight excluding hydrogens is 482 g/mol. The molecular formula is C27H30ClN3O5. The highest BCUT2D eigenvalue weighted by atomic mass is 35.5. The highest BCUT2D eigenvalue weighted by molar-refractivity contribution is 6.34. The van der Waals surface area contributed by atoms with Crippen molar-refractivity contribution < 1.29 is 24.2 Å². The molecule has 0 saturated carbocycles. The number of rotatable bonds is 7. The van der Waals surface area contributed by atoms with Gasteiger partial charge in [0.25, 0.3) is 0 Å². The third kappa shape index (κ3) is 3.79. The average molecular weight is 512 g/mol. The Morgan fingerprint density at radius 1 is 1.11 bits per heavy atom.